The minimum Gasteiger partial charge on any atom is -0.491 e. The van der Waals surface area contributed by atoms with Gasteiger partial charge in [-0.3, -0.25) is 0 Å². The number of methoxy groups -OCH3 is 1. The zero-order chi connectivity index (χ0) is 19.3. The molecule has 0 saturated carbocycles. The molecule has 6 nitrogen and oxygen atoms in total. The predicted octanol–water partition coefficient (Wildman–Crippen LogP) is 4.64. The summed E-state index contributed by atoms with van der Waals surface area (Å²) in [5.41, 5.74) is 0.641. The van der Waals surface area contributed by atoms with Gasteiger partial charge in [0.1, 0.15) is 0 Å². The molecule has 2 amide bonds. The fourth-order valence-corrected chi connectivity index (χ4v) is 3.31. The molecule has 1 heterocycles. The van der Waals surface area contributed by atoms with Crippen molar-refractivity contribution in [3.63, 3.8) is 0 Å². The first kappa shape index (κ1) is 20.0. The highest BCUT2D eigenvalue weighted by atomic mass is 32.1. The summed E-state index contributed by atoms with van der Waals surface area (Å²) in [6.07, 6.45) is 0.854. The van der Waals surface area contributed by atoms with E-state index in [1.807, 2.05) is 45.9 Å². The Hall–Kier alpha value is -2.28. The van der Waals surface area contributed by atoms with Gasteiger partial charge in [-0.2, -0.15) is 0 Å². The molecule has 0 spiro atoms. The maximum Gasteiger partial charge on any atom is 0.351 e. The molecule has 0 saturated heterocycles. The maximum absolute atomic E-state index is 12.1. The van der Waals surface area contributed by atoms with Crippen molar-refractivity contribution >= 4 is 39.1 Å². The lowest BCUT2D eigenvalue weighted by atomic mass is 10.2. The van der Waals surface area contributed by atoms with Crippen LogP contribution in [0.2, 0.25) is 0 Å². The van der Waals surface area contributed by atoms with E-state index in [1.165, 1.54) is 18.4 Å². The number of esters is 1. The lowest BCUT2D eigenvalue weighted by molar-refractivity contribution is 0.0601. The highest BCUT2D eigenvalue weighted by Crippen LogP contribution is 2.39. The number of urea groups is 1. The Balaban J connectivity index is 2.34. The summed E-state index contributed by atoms with van der Waals surface area (Å²) in [5, 5.41) is 6.48. The average molecular weight is 378 g/mol. The van der Waals surface area contributed by atoms with Crippen molar-refractivity contribution in [2.75, 3.05) is 19.0 Å². The topological polar surface area (TPSA) is 76.7 Å². The Morgan fingerprint density at radius 3 is 2.58 bits per heavy atom. The summed E-state index contributed by atoms with van der Waals surface area (Å²) in [6, 6.07) is 5.34. The number of carbonyl (C=O) groups is 2. The van der Waals surface area contributed by atoms with Crippen molar-refractivity contribution in [3.8, 4) is 5.75 Å². The third-order valence-electron chi connectivity index (χ3n) is 3.82. The van der Waals surface area contributed by atoms with E-state index in [4.69, 9.17) is 9.47 Å². The Kier molecular flexibility index (Phi) is 6.85. The van der Waals surface area contributed by atoms with Gasteiger partial charge in [0.2, 0.25) is 0 Å². The largest absolute Gasteiger partial charge is 0.491 e. The van der Waals surface area contributed by atoms with Crippen molar-refractivity contribution < 1.29 is 19.1 Å². The molecule has 0 bridgehead atoms. The fraction of sp³-hybridized carbons (Fsp3) is 0.474. The number of carbonyl (C=O) groups excluding carboxylic acids is 2. The second-order valence-corrected chi connectivity index (χ2v) is 7.63. The Morgan fingerprint density at radius 2 is 1.96 bits per heavy atom. The predicted molar refractivity (Wildman–Crippen MR) is 105 cm³/mol. The van der Waals surface area contributed by atoms with Crippen molar-refractivity contribution in [1.82, 2.24) is 5.32 Å². The fourth-order valence-electron chi connectivity index (χ4n) is 2.27. The summed E-state index contributed by atoms with van der Waals surface area (Å²) in [5.74, 6) is 0.406. The molecular formula is C19H26N2O4S. The van der Waals surface area contributed by atoms with Gasteiger partial charge >= 0.3 is 12.0 Å². The van der Waals surface area contributed by atoms with Gasteiger partial charge in [0, 0.05) is 21.8 Å². The van der Waals surface area contributed by atoms with E-state index in [2.05, 4.69) is 10.6 Å². The smallest absolute Gasteiger partial charge is 0.351 e. The molecule has 26 heavy (non-hydrogen) atoms. The van der Waals surface area contributed by atoms with E-state index in [9.17, 15) is 9.59 Å². The van der Waals surface area contributed by atoms with Crippen LogP contribution in [0.3, 0.4) is 0 Å². The number of benzene rings is 1. The molecule has 1 unspecified atom stereocenters. The lowest BCUT2D eigenvalue weighted by Crippen LogP contribution is -2.35. The van der Waals surface area contributed by atoms with Gasteiger partial charge in [0.25, 0.3) is 0 Å². The number of hydrogen-bond acceptors (Lipinski definition) is 5. The number of nitrogens with one attached hydrogen (secondary N) is 2. The van der Waals surface area contributed by atoms with Gasteiger partial charge < -0.3 is 20.1 Å². The van der Waals surface area contributed by atoms with Crippen molar-refractivity contribution in [1.29, 1.82) is 0 Å². The van der Waals surface area contributed by atoms with E-state index in [0.717, 1.165) is 16.5 Å². The molecule has 1 aromatic heterocycles. The molecule has 2 aromatic rings. The van der Waals surface area contributed by atoms with Crippen LogP contribution in [0.15, 0.2) is 18.2 Å². The molecule has 7 heteroatoms. The monoisotopic (exact) mass is 378 g/mol. The Labute approximate surface area is 157 Å². The van der Waals surface area contributed by atoms with Crippen LogP contribution < -0.4 is 15.4 Å². The number of hydrogen-bond donors (Lipinski definition) is 2. The van der Waals surface area contributed by atoms with Crippen molar-refractivity contribution in [2.24, 2.45) is 5.92 Å². The molecule has 0 fully saturated rings. The molecule has 0 aliphatic carbocycles. The summed E-state index contributed by atoms with van der Waals surface area (Å²) < 4.78 is 11.7. The molecule has 142 valence electrons. The number of anilines is 1. The Morgan fingerprint density at radius 1 is 1.23 bits per heavy atom. The van der Waals surface area contributed by atoms with Crippen LogP contribution in [0.25, 0.3) is 10.1 Å². The number of rotatable bonds is 7. The molecule has 1 aromatic carbocycles. The zero-order valence-corrected chi connectivity index (χ0v) is 16.7. The third kappa shape index (κ3) is 4.88. The highest BCUT2D eigenvalue weighted by Gasteiger charge is 2.21. The van der Waals surface area contributed by atoms with E-state index in [-0.39, 0.29) is 12.1 Å². The molecule has 0 radical (unpaired) electrons. The molecule has 1 atom stereocenters. The number of amides is 2. The number of ether oxygens (including phenoxy) is 2. The average Bonchev–Trinajstić information content (AvgIpc) is 2.96. The van der Waals surface area contributed by atoms with Crippen LogP contribution in [0, 0.1) is 5.92 Å². The highest BCUT2D eigenvalue weighted by molar-refractivity contribution is 7.21. The first-order valence-corrected chi connectivity index (χ1v) is 9.52. The summed E-state index contributed by atoms with van der Waals surface area (Å²) >= 11 is 1.32. The quantitative estimate of drug-likeness (QED) is 0.688. The first-order chi connectivity index (χ1) is 12.3. The summed E-state index contributed by atoms with van der Waals surface area (Å²) in [6.45, 7) is 8.52. The van der Waals surface area contributed by atoms with Crippen LogP contribution in [0.1, 0.15) is 43.8 Å². The second kappa shape index (κ2) is 8.89. The zero-order valence-electron chi connectivity index (χ0n) is 15.8. The van der Waals surface area contributed by atoms with Crippen LogP contribution in [-0.2, 0) is 4.74 Å². The maximum atomic E-state index is 12.1. The molecule has 2 N–H and O–H groups in total. The van der Waals surface area contributed by atoms with E-state index < -0.39 is 5.97 Å². The Bertz CT molecular complexity index is 785. The second-order valence-electron chi connectivity index (χ2n) is 6.58. The normalized spacial score (nSPS) is 12.1. The lowest BCUT2D eigenvalue weighted by Gasteiger charge is -2.13. The summed E-state index contributed by atoms with van der Waals surface area (Å²) in [7, 11) is 1.35. The van der Waals surface area contributed by atoms with Crippen LogP contribution in [0.5, 0.6) is 5.75 Å². The molecule has 0 aliphatic heterocycles. The van der Waals surface area contributed by atoms with Crippen LogP contribution >= 0.6 is 11.3 Å². The van der Waals surface area contributed by atoms with E-state index >= 15 is 0 Å². The summed E-state index contributed by atoms with van der Waals surface area (Å²) in [4.78, 5) is 24.6. The minimum atomic E-state index is -0.422. The first-order valence-electron chi connectivity index (χ1n) is 8.70. The van der Waals surface area contributed by atoms with Crippen LogP contribution in [0.4, 0.5) is 10.5 Å². The van der Waals surface area contributed by atoms with Gasteiger partial charge in [-0.05, 0) is 37.5 Å². The number of fused-ring (bicyclic) bond motifs is 1. The van der Waals surface area contributed by atoms with Crippen molar-refractivity contribution in [2.45, 2.75) is 40.2 Å². The number of thiophene rings is 1. The van der Waals surface area contributed by atoms with E-state index in [0.29, 0.717) is 28.8 Å². The van der Waals surface area contributed by atoms with Gasteiger partial charge in [0.15, 0.2) is 10.6 Å². The SMILES string of the molecule is CCC(C)NC(=O)Nc1ccc2sc(C(=O)OC)c(OCC(C)C)c2c1. The third-order valence-corrected chi connectivity index (χ3v) is 4.95. The molecule has 0 aliphatic rings. The standard InChI is InChI=1S/C19H26N2O4S/c1-6-12(4)20-19(23)21-13-7-8-15-14(9-13)16(25-10-11(2)3)17(26-15)18(22)24-5/h7-9,11-12H,6,10H2,1-5H3,(H2,20,21,23). The minimum absolute atomic E-state index is 0.0933. The van der Waals surface area contributed by atoms with Gasteiger partial charge in [-0.1, -0.05) is 20.8 Å². The van der Waals surface area contributed by atoms with Gasteiger partial charge in [-0.25, -0.2) is 9.59 Å². The van der Waals surface area contributed by atoms with Crippen molar-refractivity contribution in [3.05, 3.63) is 23.1 Å². The van der Waals surface area contributed by atoms with Gasteiger partial charge in [0.05, 0.1) is 13.7 Å². The molecular weight excluding hydrogens is 352 g/mol. The van der Waals surface area contributed by atoms with E-state index in [1.54, 1.807) is 0 Å². The van der Waals surface area contributed by atoms with Gasteiger partial charge in [-0.15, -0.1) is 11.3 Å². The molecule has 2 rings (SSSR count). The van der Waals surface area contributed by atoms with Crippen LogP contribution in [-0.4, -0.2) is 31.8 Å².